The summed E-state index contributed by atoms with van der Waals surface area (Å²) < 4.78 is 25.1. The van der Waals surface area contributed by atoms with Crippen LogP contribution in [0.5, 0.6) is 0 Å². The van der Waals surface area contributed by atoms with Gasteiger partial charge < -0.3 is 5.21 Å². The molecule has 0 bridgehead atoms. The first-order chi connectivity index (χ1) is 5.14. The normalized spacial score (nSPS) is 25.4. The van der Waals surface area contributed by atoms with Gasteiger partial charge in [-0.1, -0.05) is 0 Å². The van der Waals surface area contributed by atoms with E-state index in [-0.39, 0.29) is 18.8 Å². The van der Waals surface area contributed by atoms with Gasteiger partial charge in [-0.3, -0.25) is 0 Å². The molecule has 1 fully saturated rings. The van der Waals surface area contributed by atoms with Crippen LogP contribution in [0.1, 0.15) is 25.7 Å². The molecule has 0 spiro atoms. The fourth-order valence-corrected chi connectivity index (χ4v) is 1.43. The molecule has 0 aliphatic heterocycles. The lowest BCUT2D eigenvalue weighted by atomic mass is 9.87. The number of nitrogens with one attached hydrogen (secondary N) is 1. The maximum Gasteiger partial charge on any atom is 0.248 e. The molecule has 0 amide bonds. The van der Waals surface area contributed by atoms with E-state index in [0.717, 1.165) is 0 Å². The third-order valence-electron chi connectivity index (χ3n) is 2.22. The Morgan fingerprint density at radius 3 is 2.36 bits per heavy atom. The van der Waals surface area contributed by atoms with Gasteiger partial charge in [-0.15, -0.1) is 0 Å². The second-order valence-electron chi connectivity index (χ2n) is 3.16. The van der Waals surface area contributed by atoms with E-state index < -0.39 is 5.92 Å². The highest BCUT2D eigenvalue weighted by Gasteiger charge is 2.34. The summed E-state index contributed by atoms with van der Waals surface area (Å²) >= 11 is 0. The second kappa shape index (κ2) is 3.45. The van der Waals surface area contributed by atoms with E-state index in [0.29, 0.717) is 19.4 Å². The van der Waals surface area contributed by atoms with Crippen molar-refractivity contribution in [2.24, 2.45) is 5.92 Å². The number of halogens is 2. The standard InChI is InChI=1S/C7H13F2NO/c8-7(9)3-1-6(2-4-7)5-10-11/h6,10-11H,1-5H2. The molecule has 0 aromatic rings. The molecule has 1 rings (SSSR count). The van der Waals surface area contributed by atoms with E-state index >= 15 is 0 Å². The van der Waals surface area contributed by atoms with Crippen LogP contribution in [0.2, 0.25) is 0 Å². The van der Waals surface area contributed by atoms with Crippen molar-refractivity contribution in [3.63, 3.8) is 0 Å². The summed E-state index contributed by atoms with van der Waals surface area (Å²) in [5.74, 6) is -2.23. The summed E-state index contributed by atoms with van der Waals surface area (Å²) in [6, 6.07) is 0. The van der Waals surface area contributed by atoms with Crippen LogP contribution in [-0.4, -0.2) is 17.7 Å². The minimum absolute atomic E-state index is 0.0284. The number of hydroxylamine groups is 1. The van der Waals surface area contributed by atoms with E-state index in [1.165, 1.54) is 0 Å². The molecule has 0 atom stereocenters. The van der Waals surface area contributed by atoms with Crippen LogP contribution >= 0.6 is 0 Å². The van der Waals surface area contributed by atoms with Gasteiger partial charge in [-0.05, 0) is 18.8 Å². The van der Waals surface area contributed by atoms with Crippen LogP contribution in [0.25, 0.3) is 0 Å². The zero-order chi connectivity index (χ0) is 8.32. The molecule has 4 heteroatoms. The average Bonchev–Trinajstić information content (AvgIpc) is 1.94. The fourth-order valence-electron chi connectivity index (χ4n) is 1.43. The Bertz CT molecular complexity index is 120. The van der Waals surface area contributed by atoms with Crippen molar-refractivity contribution in [1.82, 2.24) is 5.48 Å². The Morgan fingerprint density at radius 2 is 1.91 bits per heavy atom. The Hall–Kier alpha value is -0.220. The third-order valence-corrected chi connectivity index (χ3v) is 2.22. The quantitative estimate of drug-likeness (QED) is 0.611. The average molecular weight is 165 g/mol. The van der Waals surface area contributed by atoms with Crippen LogP contribution in [0.4, 0.5) is 8.78 Å². The van der Waals surface area contributed by atoms with Gasteiger partial charge in [0.05, 0.1) is 0 Å². The highest BCUT2D eigenvalue weighted by Crippen LogP contribution is 2.35. The zero-order valence-electron chi connectivity index (χ0n) is 6.32. The Balaban J connectivity index is 2.25. The number of hydrogen-bond acceptors (Lipinski definition) is 2. The SMILES string of the molecule is ONCC1CCC(F)(F)CC1. The van der Waals surface area contributed by atoms with Gasteiger partial charge in [0.1, 0.15) is 0 Å². The third kappa shape index (κ3) is 2.71. The first kappa shape index (κ1) is 8.87. The summed E-state index contributed by atoms with van der Waals surface area (Å²) in [6.45, 7) is 0.441. The molecule has 0 unspecified atom stereocenters. The maximum atomic E-state index is 12.5. The van der Waals surface area contributed by atoms with Gasteiger partial charge in [0.2, 0.25) is 5.92 Å². The number of alkyl halides is 2. The lowest BCUT2D eigenvalue weighted by Crippen LogP contribution is -2.29. The lowest BCUT2D eigenvalue weighted by Gasteiger charge is -2.27. The molecule has 0 aromatic carbocycles. The molecule has 0 radical (unpaired) electrons. The molecule has 2 nitrogen and oxygen atoms in total. The van der Waals surface area contributed by atoms with Gasteiger partial charge in [-0.25, -0.2) is 14.3 Å². The van der Waals surface area contributed by atoms with E-state index in [1.54, 1.807) is 0 Å². The Labute approximate surface area is 64.6 Å². The first-order valence-corrected chi connectivity index (χ1v) is 3.89. The smallest absolute Gasteiger partial charge is 0.248 e. The van der Waals surface area contributed by atoms with Crippen LogP contribution in [0.3, 0.4) is 0 Å². The fraction of sp³-hybridized carbons (Fsp3) is 1.00. The molecule has 1 aliphatic carbocycles. The Kier molecular flexibility index (Phi) is 2.78. The van der Waals surface area contributed by atoms with E-state index in [2.05, 4.69) is 0 Å². The number of hydrogen-bond donors (Lipinski definition) is 2. The molecule has 0 saturated heterocycles. The van der Waals surface area contributed by atoms with Crippen molar-refractivity contribution in [3.05, 3.63) is 0 Å². The second-order valence-corrected chi connectivity index (χ2v) is 3.16. The minimum Gasteiger partial charge on any atom is -0.317 e. The summed E-state index contributed by atoms with van der Waals surface area (Å²) in [6.07, 6.45) is 0.972. The largest absolute Gasteiger partial charge is 0.317 e. The van der Waals surface area contributed by atoms with Crippen molar-refractivity contribution < 1.29 is 14.0 Å². The summed E-state index contributed by atoms with van der Waals surface area (Å²) in [4.78, 5) is 0. The maximum absolute atomic E-state index is 12.5. The Morgan fingerprint density at radius 1 is 1.36 bits per heavy atom. The molecule has 11 heavy (non-hydrogen) atoms. The summed E-state index contributed by atoms with van der Waals surface area (Å²) in [5.41, 5.74) is 2.02. The van der Waals surface area contributed by atoms with Gasteiger partial charge in [-0.2, -0.15) is 0 Å². The molecule has 0 aromatic heterocycles. The molecule has 0 heterocycles. The predicted molar refractivity (Wildman–Crippen MR) is 36.7 cm³/mol. The van der Waals surface area contributed by atoms with Gasteiger partial charge in [0.25, 0.3) is 0 Å². The molecule has 2 N–H and O–H groups in total. The zero-order valence-corrected chi connectivity index (χ0v) is 6.32. The van der Waals surface area contributed by atoms with E-state index in [1.807, 2.05) is 5.48 Å². The van der Waals surface area contributed by atoms with Crippen LogP contribution in [0.15, 0.2) is 0 Å². The van der Waals surface area contributed by atoms with E-state index in [4.69, 9.17) is 5.21 Å². The first-order valence-electron chi connectivity index (χ1n) is 3.89. The minimum atomic E-state index is -2.45. The lowest BCUT2D eigenvalue weighted by molar-refractivity contribution is -0.0485. The molecular formula is C7H13F2NO. The predicted octanol–water partition coefficient (Wildman–Crippen LogP) is 1.79. The van der Waals surface area contributed by atoms with Crippen LogP contribution in [0, 0.1) is 5.92 Å². The van der Waals surface area contributed by atoms with Crippen molar-refractivity contribution in [3.8, 4) is 0 Å². The van der Waals surface area contributed by atoms with Crippen molar-refractivity contribution in [2.45, 2.75) is 31.6 Å². The van der Waals surface area contributed by atoms with E-state index in [9.17, 15) is 8.78 Å². The van der Waals surface area contributed by atoms with Gasteiger partial charge in [0.15, 0.2) is 0 Å². The molecular weight excluding hydrogens is 152 g/mol. The number of rotatable bonds is 2. The van der Waals surface area contributed by atoms with Crippen molar-refractivity contribution >= 4 is 0 Å². The molecule has 1 aliphatic rings. The molecule has 1 saturated carbocycles. The topological polar surface area (TPSA) is 32.3 Å². The van der Waals surface area contributed by atoms with Gasteiger partial charge in [0, 0.05) is 19.4 Å². The van der Waals surface area contributed by atoms with Gasteiger partial charge >= 0.3 is 0 Å². The monoisotopic (exact) mass is 165 g/mol. The highest BCUT2D eigenvalue weighted by atomic mass is 19.3. The summed E-state index contributed by atoms with van der Waals surface area (Å²) in [7, 11) is 0. The highest BCUT2D eigenvalue weighted by molar-refractivity contribution is 4.77. The van der Waals surface area contributed by atoms with Crippen LogP contribution in [-0.2, 0) is 0 Å². The van der Waals surface area contributed by atoms with Crippen molar-refractivity contribution in [1.29, 1.82) is 0 Å². The molecule has 66 valence electrons. The van der Waals surface area contributed by atoms with Crippen LogP contribution < -0.4 is 5.48 Å². The van der Waals surface area contributed by atoms with Crippen molar-refractivity contribution in [2.75, 3.05) is 6.54 Å². The summed E-state index contributed by atoms with van der Waals surface area (Å²) in [5, 5.41) is 8.31.